The monoisotopic (exact) mass is 354 g/mol. The van der Waals surface area contributed by atoms with Crippen molar-refractivity contribution in [3.05, 3.63) is 42.4 Å². The number of hydrogen-bond acceptors (Lipinski definition) is 6. The number of anilines is 3. The molecule has 2 N–H and O–H groups in total. The lowest BCUT2D eigenvalue weighted by atomic mass is 10.2. The molecule has 26 heavy (non-hydrogen) atoms. The third-order valence-electron chi connectivity index (χ3n) is 4.33. The molecule has 2 heterocycles. The Hall–Kier alpha value is -2.67. The van der Waals surface area contributed by atoms with Crippen LogP contribution in [-0.4, -0.2) is 60.0 Å². The molecule has 0 atom stereocenters. The van der Waals surface area contributed by atoms with E-state index < -0.39 is 0 Å². The second-order valence-corrected chi connectivity index (χ2v) is 6.88. The lowest BCUT2D eigenvalue weighted by Crippen LogP contribution is -2.44. The van der Waals surface area contributed by atoms with Gasteiger partial charge in [-0.1, -0.05) is 0 Å². The molecule has 7 heteroatoms. The van der Waals surface area contributed by atoms with E-state index in [0.29, 0.717) is 11.5 Å². The van der Waals surface area contributed by atoms with Crippen LogP contribution in [0.4, 0.5) is 17.2 Å². The first-order valence-electron chi connectivity index (χ1n) is 8.95. The molecule has 1 aromatic carbocycles. The summed E-state index contributed by atoms with van der Waals surface area (Å²) >= 11 is 0. The summed E-state index contributed by atoms with van der Waals surface area (Å²) in [5, 5.41) is 6.06. The van der Waals surface area contributed by atoms with Crippen LogP contribution in [-0.2, 0) is 0 Å². The number of amides is 1. The molecule has 1 saturated heterocycles. The van der Waals surface area contributed by atoms with Crippen LogP contribution in [0.1, 0.15) is 24.3 Å². The average Bonchev–Trinajstić information content (AvgIpc) is 2.63. The van der Waals surface area contributed by atoms with Crippen molar-refractivity contribution in [3.8, 4) is 0 Å². The van der Waals surface area contributed by atoms with Gasteiger partial charge in [0.15, 0.2) is 0 Å². The van der Waals surface area contributed by atoms with Gasteiger partial charge in [-0.15, -0.1) is 0 Å². The molecule has 1 amide bonds. The third kappa shape index (κ3) is 4.70. The number of nitrogens with one attached hydrogen (secondary N) is 2. The number of nitrogens with zero attached hydrogens (tertiary/aromatic N) is 4. The lowest BCUT2D eigenvalue weighted by Gasteiger charge is -2.34. The van der Waals surface area contributed by atoms with Crippen LogP contribution in [0.5, 0.6) is 0 Å². The normalized spacial score (nSPS) is 15.2. The van der Waals surface area contributed by atoms with Crippen molar-refractivity contribution in [1.29, 1.82) is 0 Å². The highest BCUT2D eigenvalue weighted by molar-refractivity contribution is 6.03. The Kier molecular flexibility index (Phi) is 5.68. The first-order valence-corrected chi connectivity index (χ1v) is 8.95. The second kappa shape index (κ2) is 8.14. The van der Waals surface area contributed by atoms with Crippen molar-refractivity contribution in [1.82, 2.24) is 14.9 Å². The van der Waals surface area contributed by atoms with Gasteiger partial charge in [0.2, 0.25) is 0 Å². The van der Waals surface area contributed by atoms with Crippen molar-refractivity contribution in [3.63, 3.8) is 0 Å². The van der Waals surface area contributed by atoms with Crippen molar-refractivity contribution in [2.24, 2.45) is 0 Å². The highest BCUT2D eigenvalue weighted by atomic mass is 16.1. The zero-order valence-corrected chi connectivity index (χ0v) is 15.6. The van der Waals surface area contributed by atoms with Gasteiger partial charge in [0.25, 0.3) is 5.91 Å². The molecule has 1 fully saturated rings. The second-order valence-electron chi connectivity index (χ2n) is 6.88. The zero-order valence-electron chi connectivity index (χ0n) is 15.6. The molecular formula is C19H26N6O. The summed E-state index contributed by atoms with van der Waals surface area (Å²) in [5.74, 6) is 0.400. The van der Waals surface area contributed by atoms with Crippen molar-refractivity contribution < 1.29 is 4.79 Å². The molecule has 3 rings (SSSR count). The number of likely N-dealkylation sites (N-methyl/N-ethyl adjacent to an activating group) is 1. The van der Waals surface area contributed by atoms with Crippen LogP contribution < -0.4 is 15.5 Å². The van der Waals surface area contributed by atoms with Gasteiger partial charge in [0.05, 0.1) is 0 Å². The van der Waals surface area contributed by atoms with E-state index in [-0.39, 0.29) is 11.9 Å². The maximum Gasteiger partial charge on any atom is 0.274 e. The topological polar surface area (TPSA) is 73.4 Å². The summed E-state index contributed by atoms with van der Waals surface area (Å²) in [7, 11) is 2.14. The molecule has 7 nitrogen and oxygen atoms in total. The van der Waals surface area contributed by atoms with Crippen LogP contribution >= 0.6 is 0 Å². The minimum atomic E-state index is -0.244. The standard InChI is InChI=1S/C19H26N6O/c1-14(2)22-18-12-17(20-13-21-18)19(26)23-15-4-6-16(7-5-15)25-10-8-24(3)9-11-25/h4-7,12-14H,8-11H2,1-3H3,(H,23,26)(H,20,21,22). The maximum absolute atomic E-state index is 12.4. The van der Waals surface area contributed by atoms with Crippen molar-refractivity contribution in [2.45, 2.75) is 19.9 Å². The van der Waals surface area contributed by atoms with E-state index in [1.807, 2.05) is 38.1 Å². The summed E-state index contributed by atoms with van der Waals surface area (Å²) < 4.78 is 0. The van der Waals surface area contributed by atoms with Crippen molar-refractivity contribution >= 4 is 23.1 Å². The molecule has 1 aliphatic rings. The predicted molar refractivity (Wildman–Crippen MR) is 105 cm³/mol. The molecule has 0 bridgehead atoms. The number of carbonyl (C=O) groups excluding carboxylic acids is 1. The lowest BCUT2D eigenvalue weighted by molar-refractivity contribution is 0.102. The van der Waals surface area contributed by atoms with Gasteiger partial charge >= 0.3 is 0 Å². The molecule has 0 radical (unpaired) electrons. The fourth-order valence-electron chi connectivity index (χ4n) is 2.87. The largest absolute Gasteiger partial charge is 0.369 e. The smallest absolute Gasteiger partial charge is 0.274 e. The summed E-state index contributed by atoms with van der Waals surface area (Å²) in [6.45, 7) is 8.22. The van der Waals surface area contributed by atoms with Crippen molar-refractivity contribution in [2.75, 3.05) is 48.8 Å². The van der Waals surface area contributed by atoms with Crippen LogP contribution in [0.15, 0.2) is 36.7 Å². The Labute approximate surface area is 154 Å². The van der Waals surface area contributed by atoms with Crippen LogP contribution in [0.3, 0.4) is 0 Å². The molecule has 138 valence electrons. The van der Waals surface area contributed by atoms with E-state index in [9.17, 15) is 4.79 Å². The molecule has 0 saturated carbocycles. The summed E-state index contributed by atoms with van der Waals surface area (Å²) in [5.41, 5.74) is 2.28. The van der Waals surface area contributed by atoms with E-state index in [0.717, 1.165) is 31.9 Å². The van der Waals surface area contributed by atoms with Crippen LogP contribution in [0, 0.1) is 0 Å². The molecule has 0 aliphatic carbocycles. The number of aromatic nitrogens is 2. The minimum Gasteiger partial charge on any atom is -0.369 e. The summed E-state index contributed by atoms with van der Waals surface area (Å²) in [4.78, 5) is 25.3. The average molecular weight is 354 g/mol. The van der Waals surface area contributed by atoms with Gasteiger partial charge in [-0.3, -0.25) is 4.79 Å². The molecule has 1 aromatic heterocycles. The first kappa shape index (κ1) is 18.1. The zero-order chi connectivity index (χ0) is 18.5. The highest BCUT2D eigenvalue weighted by Crippen LogP contribution is 2.20. The Bertz CT molecular complexity index is 738. The van der Waals surface area contributed by atoms with Crippen LogP contribution in [0.2, 0.25) is 0 Å². The Morgan fingerprint density at radius 1 is 1.08 bits per heavy atom. The molecule has 2 aromatic rings. The maximum atomic E-state index is 12.4. The fraction of sp³-hybridized carbons (Fsp3) is 0.421. The summed E-state index contributed by atoms with van der Waals surface area (Å²) in [6.07, 6.45) is 1.40. The van der Waals surface area contributed by atoms with E-state index in [2.05, 4.69) is 37.4 Å². The molecule has 1 aliphatic heterocycles. The van der Waals surface area contributed by atoms with E-state index in [1.54, 1.807) is 6.07 Å². The van der Waals surface area contributed by atoms with Gasteiger partial charge in [-0.25, -0.2) is 9.97 Å². The predicted octanol–water partition coefficient (Wildman–Crippen LogP) is 2.30. The SMILES string of the molecule is CC(C)Nc1cc(C(=O)Nc2ccc(N3CCN(C)CC3)cc2)ncn1. The van der Waals surface area contributed by atoms with E-state index in [4.69, 9.17) is 0 Å². The number of carbonyl (C=O) groups is 1. The van der Waals surface area contributed by atoms with Gasteiger partial charge in [0, 0.05) is 49.7 Å². The number of hydrogen-bond donors (Lipinski definition) is 2. The van der Waals surface area contributed by atoms with Gasteiger partial charge in [0.1, 0.15) is 17.8 Å². The van der Waals surface area contributed by atoms with E-state index in [1.165, 1.54) is 12.0 Å². The van der Waals surface area contributed by atoms with Gasteiger partial charge < -0.3 is 20.4 Å². The Morgan fingerprint density at radius 3 is 2.42 bits per heavy atom. The molecule has 0 spiro atoms. The quantitative estimate of drug-likeness (QED) is 0.858. The van der Waals surface area contributed by atoms with E-state index >= 15 is 0 Å². The Morgan fingerprint density at radius 2 is 1.77 bits per heavy atom. The summed E-state index contributed by atoms with van der Waals surface area (Å²) in [6, 6.07) is 9.86. The number of benzene rings is 1. The molecule has 0 unspecified atom stereocenters. The number of piperazine rings is 1. The minimum absolute atomic E-state index is 0.239. The van der Waals surface area contributed by atoms with Crippen LogP contribution in [0.25, 0.3) is 0 Å². The first-order chi connectivity index (χ1) is 12.5. The number of rotatable bonds is 5. The van der Waals surface area contributed by atoms with Gasteiger partial charge in [-0.2, -0.15) is 0 Å². The fourth-order valence-corrected chi connectivity index (χ4v) is 2.87. The molecular weight excluding hydrogens is 328 g/mol. The van der Waals surface area contributed by atoms with Gasteiger partial charge in [-0.05, 0) is 45.2 Å². The highest BCUT2D eigenvalue weighted by Gasteiger charge is 2.14. The third-order valence-corrected chi connectivity index (χ3v) is 4.33. The Balaban J connectivity index is 1.63.